The van der Waals surface area contributed by atoms with E-state index < -0.39 is 0 Å². The summed E-state index contributed by atoms with van der Waals surface area (Å²) in [6.45, 7) is 1.41. The van der Waals surface area contributed by atoms with Crippen LogP contribution in [0.15, 0.2) is 30.3 Å². The van der Waals surface area contributed by atoms with Gasteiger partial charge in [-0.2, -0.15) is 5.21 Å². The van der Waals surface area contributed by atoms with Crippen molar-refractivity contribution >= 4 is 5.91 Å². The SMILES string of the molecule is COCCN(Cc1ccccc1)C(=O)c1nn[nH]n1. The number of aromatic nitrogens is 4. The number of benzene rings is 1. The molecule has 1 N–H and O–H groups in total. The molecular formula is C12H15N5O2. The molecule has 0 saturated carbocycles. The molecule has 7 nitrogen and oxygen atoms in total. The predicted octanol–water partition coefficient (Wildman–Crippen LogP) is 0.488. The molecule has 100 valence electrons. The topological polar surface area (TPSA) is 84.0 Å². The molecule has 1 aromatic carbocycles. The van der Waals surface area contributed by atoms with Gasteiger partial charge >= 0.3 is 0 Å². The van der Waals surface area contributed by atoms with Gasteiger partial charge in [0.1, 0.15) is 0 Å². The number of rotatable bonds is 6. The van der Waals surface area contributed by atoms with Crippen LogP contribution in [0.1, 0.15) is 16.2 Å². The molecule has 0 aliphatic carbocycles. The first-order valence-electron chi connectivity index (χ1n) is 5.87. The van der Waals surface area contributed by atoms with Gasteiger partial charge in [0.2, 0.25) is 0 Å². The van der Waals surface area contributed by atoms with E-state index >= 15 is 0 Å². The van der Waals surface area contributed by atoms with Gasteiger partial charge in [0.05, 0.1) is 6.61 Å². The van der Waals surface area contributed by atoms with Crippen molar-refractivity contribution in [1.82, 2.24) is 25.5 Å². The van der Waals surface area contributed by atoms with Gasteiger partial charge in [-0.05, 0) is 10.8 Å². The van der Waals surface area contributed by atoms with E-state index in [9.17, 15) is 4.79 Å². The smallest absolute Gasteiger partial charge is 0.295 e. The zero-order valence-corrected chi connectivity index (χ0v) is 10.6. The molecule has 0 atom stereocenters. The molecule has 0 aliphatic heterocycles. The van der Waals surface area contributed by atoms with Crippen LogP contribution in [0.2, 0.25) is 0 Å². The van der Waals surface area contributed by atoms with Crippen LogP contribution < -0.4 is 0 Å². The van der Waals surface area contributed by atoms with Gasteiger partial charge in [0.25, 0.3) is 11.7 Å². The highest BCUT2D eigenvalue weighted by atomic mass is 16.5. The molecule has 0 aliphatic rings. The van der Waals surface area contributed by atoms with Gasteiger partial charge in [-0.25, -0.2) is 0 Å². The average Bonchev–Trinajstić information content (AvgIpc) is 2.98. The minimum atomic E-state index is -0.269. The van der Waals surface area contributed by atoms with E-state index in [1.54, 1.807) is 12.0 Å². The quantitative estimate of drug-likeness (QED) is 0.818. The van der Waals surface area contributed by atoms with E-state index in [2.05, 4.69) is 20.6 Å². The minimum Gasteiger partial charge on any atom is -0.383 e. The van der Waals surface area contributed by atoms with Crippen LogP contribution in [0.25, 0.3) is 0 Å². The van der Waals surface area contributed by atoms with E-state index in [1.807, 2.05) is 30.3 Å². The average molecular weight is 261 g/mol. The highest BCUT2D eigenvalue weighted by Gasteiger charge is 2.19. The van der Waals surface area contributed by atoms with Crippen molar-refractivity contribution in [3.63, 3.8) is 0 Å². The molecule has 2 rings (SSSR count). The Morgan fingerprint density at radius 1 is 1.37 bits per heavy atom. The maximum Gasteiger partial charge on any atom is 0.295 e. The van der Waals surface area contributed by atoms with Gasteiger partial charge in [0.15, 0.2) is 0 Å². The van der Waals surface area contributed by atoms with E-state index in [1.165, 1.54) is 0 Å². The Balaban J connectivity index is 2.09. The zero-order valence-electron chi connectivity index (χ0n) is 10.6. The molecule has 0 bridgehead atoms. The molecule has 0 spiro atoms. The third-order valence-corrected chi connectivity index (χ3v) is 2.61. The van der Waals surface area contributed by atoms with E-state index in [0.29, 0.717) is 19.7 Å². The second-order valence-corrected chi connectivity index (χ2v) is 3.94. The monoisotopic (exact) mass is 261 g/mol. The number of amides is 1. The van der Waals surface area contributed by atoms with Crippen LogP contribution in [0.3, 0.4) is 0 Å². The third kappa shape index (κ3) is 3.59. The first kappa shape index (κ1) is 13.2. The van der Waals surface area contributed by atoms with Crippen molar-refractivity contribution in [2.24, 2.45) is 0 Å². The van der Waals surface area contributed by atoms with Crippen LogP contribution in [0.4, 0.5) is 0 Å². The molecule has 0 saturated heterocycles. The van der Waals surface area contributed by atoms with Crippen molar-refractivity contribution in [3.8, 4) is 0 Å². The summed E-state index contributed by atoms with van der Waals surface area (Å²) >= 11 is 0. The number of hydrogen-bond donors (Lipinski definition) is 1. The van der Waals surface area contributed by atoms with Crippen molar-refractivity contribution in [2.45, 2.75) is 6.54 Å². The molecule has 19 heavy (non-hydrogen) atoms. The molecule has 0 unspecified atom stereocenters. The fourth-order valence-electron chi connectivity index (χ4n) is 1.65. The van der Waals surface area contributed by atoms with E-state index in [0.717, 1.165) is 5.56 Å². The lowest BCUT2D eigenvalue weighted by atomic mass is 10.2. The number of methoxy groups -OCH3 is 1. The number of nitrogens with one attached hydrogen (secondary N) is 1. The van der Waals surface area contributed by atoms with E-state index in [4.69, 9.17) is 4.74 Å². The number of H-pyrrole nitrogens is 1. The number of carbonyl (C=O) groups is 1. The Morgan fingerprint density at radius 2 is 2.16 bits per heavy atom. The Morgan fingerprint density at radius 3 is 2.79 bits per heavy atom. The lowest BCUT2D eigenvalue weighted by Gasteiger charge is -2.20. The lowest BCUT2D eigenvalue weighted by molar-refractivity contribution is 0.0668. The number of ether oxygens (including phenoxy) is 1. The molecule has 0 fully saturated rings. The molecule has 1 heterocycles. The van der Waals surface area contributed by atoms with Gasteiger partial charge in [-0.15, -0.1) is 10.2 Å². The Labute approximate surface area is 110 Å². The highest BCUT2D eigenvalue weighted by molar-refractivity contribution is 5.90. The van der Waals surface area contributed by atoms with Gasteiger partial charge in [0, 0.05) is 20.2 Å². The first-order valence-corrected chi connectivity index (χ1v) is 5.87. The maximum absolute atomic E-state index is 12.2. The van der Waals surface area contributed by atoms with Crippen LogP contribution in [0.5, 0.6) is 0 Å². The van der Waals surface area contributed by atoms with Crippen molar-refractivity contribution < 1.29 is 9.53 Å². The summed E-state index contributed by atoms with van der Waals surface area (Å²) in [5.74, 6) is -0.207. The second-order valence-electron chi connectivity index (χ2n) is 3.94. The standard InChI is InChI=1S/C12H15N5O2/c1-19-8-7-17(9-10-5-3-2-4-6-10)12(18)11-13-15-16-14-11/h2-6H,7-9H2,1H3,(H,13,14,15,16). The van der Waals surface area contributed by atoms with Gasteiger partial charge < -0.3 is 9.64 Å². The fraction of sp³-hybridized carbons (Fsp3) is 0.333. The van der Waals surface area contributed by atoms with Crippen LogP contribution in [-0.2, 0) is 11.3 Å². The molecule has 2 aromatic rings. The Bertz CT molecular complexity index is 500. The number of hydrogen-bond acceptors (Lipinski definition) is 5. The molecule has 0 radical (unpaired) electrons. The van der Waals surface area contributed by atoms with Crippen molar-refractivity contribution in [1.29, 1.82) is 0 Å². The summed E-state index contributed by atoms with van der Waals surface area (Å²) in [6, 6.07) is 9.72. The molecule has 1 amide bonds. The zero-order chi connectivity index (χ0) is 13.5. The second kappa shape index (κ2) is 6.60. The Kier molecular flexibility index (Phi) is 4.57. The molecule has 7 heteroatoms. The number of tetrazole rings is 1. The maximum atomic E-state index is 12.2. The normalized spacial score (nSPS) is 10.4. The Hall–Kier alpha value is -2.28. The summed E-state index contributed by atoms with van der Waals surface area (Å²) < 4.78 is 5.02. The van der Waals surface area contributed by atoms with Crippen LogP contribution in [-0.4, -0.2) is 51.7 Å². The summed E-state index contributed by atoms with van der Waals surface area (Å²) in [6.07, 6.45) is 0. The minimum absolute atomic E-state index is 0.0621. The summed E-state index contributed by atoms with van der Waals surface area (Å²) in [4.78, 5) is 13.8. The number of nitrogens with zero attached hydrogens (tertiary/aromatic N) is 4. The number of carbonyl (C=O) groups excluding carboxylic acids is 1. The van der Waals surface area contributed by atoms with Gasteiger partial charge in [-0.1, -0.05) is 30.3 Å². The number of aromatic amines is 1. The van der Waals surface area contributed by atoms with E-state index in [-0.39, 0.29) is 11.7 Å². The van der Waals surface area contributed by atoms with Gasteiger partial charge in [-0.3, -0.25) is 4.79 Å². The highest BCUT2D eigenvalue weighted by Crippen LogP contribution is 2.07. The molecule has 1 aromatic heterocycles. The van der Waals surface area contributed by atoms with Crippen LogP contribution in [0, 0.1) is 0 Å². The van der Waals surface area contributed by atoms with Crippen LogP contribution >= 0.6 is 0 Å². The summed E-state index contributed by atoms with van der Waals surface area (Å²) in [7, 11) is 1.60. The largest absolute Gasteiger partial charge is 0.383 e. The van der Waals surface area contributed by atoms with Crippen molar-refractivity contribution in [3.05, 3.63) is 41.7 Å². The summed E-state index contributed by atoms with van der Waals surface area (Å²) in [5, 5.41) is 13.1. The third-order valence-electron chi connectivity index (χ3n) is 2.61. The fourth-order valence-corrected chi connectivity index (χ4v) is 1.65. The summed E-state index contributed by atoms with van der Waals surface area (Å²) in [5.41, 5.74) is 1.04. The first-order chi connectivity index (χ1) is 9.31. The lowest BCUT2D eigenvalue weighted by Crippen LogP contribution is -2.34. The molecular weight excluding hydrogens is 246 g/mol. The van der Waals surface area contributed by atoms with Crippen molar-refractivity contribution in [2.75, 3.05) is 20.3 Å². The predicted molar refractivity (Wildman–Crippen MR) is 67.2 cm³/mol.